The predicted molar refractivity (Wildman–Crippen MR) is 95.9 cm³/mol. The summed E-state index contributed by atoms with van der Waals surface area (Å²) < 4.78 is 10.7. The highest BCUT2D eigenvalue weighted by Crippen LogP contribution is 2.42. The number of carbonyl (C=O) groups excluding carboxylic acids is 2. The van der Waals surface area contributed by atoms with Crippen LogP contribution in [-0.4, -0.2) is 25.4 Å². The van der Waals surface area contributed by atoms with Gasteiger partial charge in [0.25, 0.3) is 5.91 Å². The number of ether oxygens (including phenoxy) is 2. The Morgan fingerprint density at radius 2 is 2.12 bits per heavy atom. The van der Waals surface area contributed by atoms with Gasteiger partial charge in [-0.25, -0.2) is 0 Å². The molecule has 2 aromatic rings. The molecule has 0 heterocycles. The smallest absolute Gasteiger partial charge is 0.262 e. The lowest BCUT2D eigenvalue weighted by atomic mass is 10.0. The molecule has 1 atom stereocenters. The monoisotopic (exact) mass is 359 g/mol. The van der Waals surface area contributed by atoms with E-state index in [4.69, 9.17) is 21.1 Å². The van der Waals surface area contributed by atoms with E-state index in [1.54, 1.807) is 43.5 Å². The molecule has 0 fully saturated rings. The van der Waals surface area contributed by atoms with Crippen LogP contribution in [0.25, 0.3) is 0 Å². The molecule has 1 unspecified atom stereocenters. The number of hydrogen-bond donors (Lipinski definition) is 1. The van der Waals surface area contributed by atoms with Gasteiger partial charge in [-0.15, -0.1) is 0 Å². The molecule has 130 valence electrons. The average Bonchev–Trinajstić information content (AvgIpc) is 2.90. The third-order valence-electron chi connectivity index (χ3n) is 4.13. The van der Waals surface area contributed by atoms with Crippen molar-refractivity contribution in [2.75, 3.05) is 19.0 Å². The number of amides is 1. The number of ketones is 1. The van der Waals surface area contributed by atoms with Crippen molar-refractivity contribution < 1.29 is 19.1 Å². The molecule has 0 aliphatic heterocycles. The van der Waals surface area contributed by atoms with Crippen LogP contribution in [-0.2, 0) is 4.79 Å². The lowest BCUT2D eigenvalue weighted by Gasteiger charge is -2.12. The molecule has 5 nitrogen and oxygen atoms in total. The predicted octanol–water partition coefficient (Wildman–Crippen LogP) is 4.06. The molecule has 2 aromatic carbocycles. The maximum absolute atomic E-state index is 12.2. The highest BCUT2D eigenvalue weighted by Gasteiger charge is 2.31. The minimum absolute atomic E-state index is 0.00629. The lowest BCUT2D eigenvalue weighted by molar-refractivity contribution is -0.118. The third-order valence-corrected chi connectivity index (χ3v) is 4.46. The normalized spacial score (nSPS) is 15.6. The fourth-order valence-corrected chi connectivity index (χ4v) is 3.33. The molecule has 6 heteroatoms. The maximum atomic E-state index is 12.2. The molecule has 1 N–H and O–H groups in total. The van der Waals surface area contributed by atoms with Crippen LogP contribution in [0.2, 0.25) is 5.02 Å². The number of nitrogens with one attached hydrogen (secondary N) is 1. The van der Waals surface area contributed by atoms with Crippen molar-refractivity contribution in [1.29, 1.82) is 0 Å². The summed E-state index contributed by atoms with van der Waals surface area (Å²) in [6, 6.07) is 10.4. The first-order chi connectivity index (χ1) is 12.0. The number of fused-ring (bicyclic) bond motifs is 1. The van der Waals surface area contributed by atoms with Crippen LogP contribution < -0.4 is 14.8 Å². The molecule has 3 rings (SSSR count). The van der Waals surface area contributed by atoms with E-state index in [2.05, 4.69) is 5.32 Å². The van der Waals surface area contributed by atoms with Crippen molar-refractivity contribution in [1.82, 2.24) is 0 Å². The molecule has 0 saturated carbocycles. The van der Waals surface area contributed by atoms with Gasteiger partial charge in [0.15, 0.2) is 12.4 Å². The summed E-state index contributed by atoms with van der Waals surface area (Å²) in [5.74, 6) is 0.774. The maximum Gasteiger partial charge on any atom is 0.262 e. The Morgan fingerprint density at radius 3 is 2.88 bits per heavy atom. The average molecular weight is 360 g/mol. The molecule has 25 heavy (non-hydrogen) atoms. The molecular weight excluding hydrogens is 342 g/mol. The molecule has 1 amide bonds. The Hall–Kier alpha value is -2.53. The van der Waals surface area contributed by atoms with E-state index in [9.17, 15) is 9.59 Å². The molecule has 1 aliphatic carbocycles. The topological polar surface area (TPSA) is 64.6 Å². The van der Waals surface area contributed by atoms with Crippen molar-refractivity contribution in [3.05, 3.63) is 52.5 Å². The zero-order valence-corrected chi connectivity index (χ0v) is 14.7. The van der Waals surface area contributed by atoms with Crippen LogP contribution in [0.4, 0.5) is 5.69 Å². The first-order valence-corrected chi connectivity index (χ1v) is 8.29. The van der Waals surface area contributed by atoms with Crippen LogP contribution in [0.15, 0.2) is 36.4 Å². The SMILES string of the molecule is COc1cccc(NC(=O)COc2ccc(Cl)c3c2C(=O)CC3C)c1. The summed E-state index contributed by atoms with van der Waals surface area (Å²) >= 11 is 6.20. The summed E-state index contributed by atoms with van der Waals surface area (Å²) in [5, 5.41) is 3.29. The van der Waals surface area contributed by atoms with Gasteiger partial charge in [0.05, 0.1) is 12.7 Å². The largest absolute Gasteiger partial charge is 0.497 e. The highest BCUT2D eigenvalue weighted by molar-refractivity contribution is 6.32. The van der Waals surface area contributed by atoms with Crippen LogP contribution in [0, 0.1) is 0 Å². The quantitative estimate of drug-likeness (QED) is 0.874. The summed E-state index contributed by atoms with van der Waals surface area (Å²) in [7, 11) is 1.56. The number of anilines is 1. The van der Waals surface area contributed by atoms with E-state index in [-0.39, 0.29) is 24.2 Å². The van der Waals surface area contributed by atoms with Gasteiger partial charge in [-0.2, -0.15) is 0 Å². The van der Waals surface area contributed by atoms with Crippen LogP contribution in [0.3, 0.4) is 0 Å². The zero-order chi connectivity index (χ0) is 18.0. The van der Waals surface area contributed by atoms with Gasteiger partial charge in [0.2, 0.25) is 0 Å². The van der Waals surface area contributed by atoms with Crippen molar-refractivity contribution in [3.63, 3.8) is 0 Å². The van der Waals surface area contributed by atoms with Gasteiger partial charge in [-0.1, -0.05) is 24.6 Å². The second kappa shape index (κ2) is 7.15. The number of benzene rings is 2. The molecule has 1 aliphatic rings. The van der Waals surface area contributed by atoms with Gasteiger partial charge < -0.3 is 14.8 Å². The number of halogens is 1. The fraction of sp³-hybridized carbons (Fsp3) is 0.263. The Kier molecular flexibility index (Phi) is 4.95. The van der Waals surface area contributed by atoms with E-state index in [0.717, 1.165) is 5.56 Å². The van der Waals surface area contributed by atoms with Gasteiger partial charge in [-0.3, -0.25) is 9.59 Å². The Labute approximate surface area is 150 Å². The lowest BCUT2D eigenvalue weighted by Crippen LogP contribution is -2.20. The zero-order valence-electron chi connectivity index (χ0n) is 14.0. The number of Topliss-reactive ketones (excluding diaryl/α,β-unsaturated/α-hetero) is 1. The molecule has 0 aromatic heterocycles. The van der Waals surface area contributed by atoms with Gasteiger partial charge in [-0.05, 0) is 35.7 Å². The summed E-state index contributed by atoms with van der Waals surface area (Å²) in [5.41, 5.74) is 1.91. The molecule has 0 spiro atoms. The number of methoxy groups -OCH3 is 1. The minimum atomic E-state index is -0.324. The Bertz CT molecular complexity index is 834. The fourth-order valence-electron chi connectivity index (χ4n) is 2.99. The second-order valence-electron chi connectivity index (χ2n) is 5.93. The van der Waals surface area contributed by atoms with Crippen LogP contribution >= 0.6 is 11.6 Å². The minimum Gasteiger partial charge on any atom is -0.497 e. The van der Waals surface area contributed by atoms with E-state index in [1.165, 1.54) is 0 Å². The van der Waals surface area contributed by atoms with Crippen molar-refractivity contribution >= 4 is 29.0 Å². The molecule has 0 bridgehead atoms. The molecule has 0 saturated heterocycles. The summed E-state index contributed by atoms with van der Waals surface area (Å²) in [6.07, 6.45) is 0.408. The summed E-state index contributed by atoms with van der Waals surface area (Å²) in [4.78, 5) is 24.3. The Balaban J connectivity index is 1.70. The van der Waals surface area contributed by atoms with E-state index in [1.807, 2.05) is 6.92 Å². The number of rotatable bonds is 5. The van der Waals surface area contributed by atoms with E-state index >= 15 is 0 Å². The molecule has 0 radical (unpaired) electrons. The van der Waals surface area contributed by atoms with Crippen LogP contribution in [0.5, 0.6) is 11.5 Å². The Morgan fingerprint density at radius 1 is 1.32 bits per heavy atom. The highest BCUT2D eigenvalue weighted by atomic mass is 35.5. The van der Waals surface area contributed by atoms with E-state index in [0.29, 0.717) is 34.2 Å². The van der Waals surface area contributed by atoms with Gasteiger partial charge in [0.1, 0.15) is 11.5 Å². The standard InChI is InChI=1S/C19H18ClNO4/c1-11-8-15(22)19-16(7-6-14(20)18(11)19)25-10-17(23)21-12-4-3-5-13(9-12)24-2/h3-7,9,11H,8,10H2,1-2H3,(H,21,23). The second-order valence-corrected chi connectivity index (χ2v) is 6.34. The van der Waals surface area contributed by atoms with Crippen LogP contribution in [0.1, 0.15) is 35.2 Å². The van der Waals surface area contributed by atoms with Crippen molar-refractivity contribution in [3.8, 4) is 11.5 Å². The number of hydrogen-bond acceptors (Lipinski definition) is 4. The van der Waals surface area contributed by atoms with Crippen molar-refractivity contribution in [2.45, 2.75) is 19.3 Å². The first-order valence-electron chi connectivity index (χ1n) is 7.92. The third kappa shape index (κ3) is 3.61. The van der Waals surface area contributed by atoms with Crippen molar-refractivity contribution in [2.24, 2.45) is 0 Å². The first kappa shape index (κ1) is 17.3. The summed E-state index contributed by atoms with van der Waals surface area (Å²) in [6.45, 7) is 1.75. The molecular formula is C19H18ClNO4. The van der Waals surface area contributed by atoms with Gasteiger partial charge >= 0.3 is 0 Å². The number of carbonyl (C=O) groups is 2. The van der Waals surface area contributed by atoms with E-state index < -0.39 is 0 Å². The van der Waals surface area contributed by atoms with Gasteiger partial charge in [0, 0.05) is 23.2 Å².